The van der Waals surface area contributed by atoms with Crippen molar-refractivity contribution < 1.29 is 9.59 Å². The standard InChI is InChI=1S/C23H24N4O2/c1-2-24-23(29)18-10-8-17(9-11-18)19-12-20-22(25-13-19)26-14-21(28)27(20)15-16-6-4-3-5-7-16/h3-12,25-26H,2,13-15H2,1H3,(H,24,29). The summed E-state index contributed by atoms with van der Waals surface area (Å²) in [6, 6.07) is 17.5. The number of allylic oxidation sites excluding steroid dienone is 1. The third-order valence-electron chi connectivity index (χ3n) is 5.07. The van der Waals surface area contributed by atoms with Crippen LogP contribution in [-0.4, -0.2) is 36.3 Å². The lowest BCUT2D eigenvalue weighted by Gasteiger charge is -2.35. The van der Waals surface area contributed by atoms with Gasteiger partial charge >= 0.3 is 0 Å². The molecule has 29 heavy (non-hydrogen) atoms. The fourth-order valence-electron chi connectivity index (χ4n) is 3.55. The molecule has 0 atom stereocenters. The zero-order valence-electron chi connectivity index (χ0n) is 16.4. The molecule has 0 aliphatic carbocycles. The van der Waals surface area contributed by atoms with Gasteiger partial charge in [-0.1, -0.05) is 42.5 Å². The number of nitrogens with zero attached hydrogens (tertiary/aromatic N) is 1. The summed E-state index contributed by atoms with van der Waals surface area (Å²) in [4.78, 5) is 26.4. The molecule has 6 heteroatoms. The highest BCUT2D eigenvalue weighted by Crippen LogP contribution is 2.26. The topological polar surface area (TPSA) is 73.5 Å². The number of amides is 2. The normalized spacial score (nSPS) is 15.8. The van der Waals surface area contributed by atoms with Gasteiger partial charge in [-0.25, -0.2) is 0 Å². The van der Waals surface area contributed by atoms with Gasteiger partial charge in [-0.3, -0.25) is 9.59 Å². The lowest BCUT2D eigenvalue weighted by atomic mass is 9.99. The van der Waals surface area contributed by atoms with Crippen molar-refractivity contribution >= 4 is 17.4 Å². The molecule has 2 aliphatic rings. The number of hydrogen-bond acceptors (Lipinski definition) is 4. The first-order valence-corrected chi connectivity index (χ1v) is 9.81. The third kappa shape index (κ3) is 4.01. The summed E-state index contributed by atoms with van der Waals surface area (Å²) in [7, 11) is 0. The largest absolute Gasteiger partial charge is 0.366 e. The molecule has 0 unspecified atom stereocenters. The minimum absolute atomic E-state index is 0.0403. The van der Waals surface area contributed by atoms with Crippen molar-refractivity contribution in [2.24, 2.45) is 0 Å². The van der Waals surface area contributed by atoms with Gasteiger partial charge in [0.05, 0.1) is 18.8 Å². The average Bonchev–Trinajstić information content (AvgIpc) is 2.76. The van der Waals surface area contributed by atoms with Gasteiger partial charge in [-0.05, 0) is 41.8 Å². The molecule has 2 heterocycles. The van der Waals surface area contributed by atoms with Gasteiger partial charge in [-0.2, -0.15) is 0 Å². The van der Waals surface area contributed by atoms with Crippen LogP contribution in [0.15, 0.2) is 72.2 Å². The Bertz CT molecular complexity index is 978. The Morgan fingerprint density at radius 1 is 1.03 bits per heavy atom. The molecule has 0 saturated heterocycles. The summed E-state index contributed by atoms with van der Waals surface area (Å²) in [5, 5.41) is 9.37. The second kappa shape index (κ2) is 8.22. The van der Waals surface area contributed by atoms with E-state index in [0.717, 1.165) is 28.2 Å². The number of benzene rings is 2. The smallest absolute Gasteiger partial charge is 0.251 e. The van der Waals surface area contributed by atoms with E-state index in [-0.39, 0.29) is 18.4 Å². The minimum atomic E-state index is -0.0732. The van der Waals surface area contributed by atoms with E-state index in [9.17, 15) is 9.59 Å². The van der Waals surface area contributed by atoms with Gasteiger partial charge < -0.3 is 20.9 Å². The maximum atomic E-state index is 12.6. The molecule has 0 fully saturated rings. The molecule has 4 rings (SSSR count). The minimum Gasteiger partial charge on any atom is -0.366 e. The SMILES string of the molecule is CCNC(=O)c1ccc(C2=CC3=C(NCC(=O)N3Cc3ccccc3)NC2)cc1. The van der Waals surface area contributed by atoms with Crippen LogP contribution in [0.25, 0.3) is 5.57 Å². The monoisotopic (exact) mass is 388 g/mol. The number of dihydropyridines is 1. The number of carbonyl (C=O) groups excluding carboxylic acids is 2. The molecular formula is C23H24N4O2. The average molecular weight is 388 g/mol. The van der Waals surface area contributed by atoms with Crippen LogP contribution in [0.1, 0.15) is 28.4 Å². The number of hydrogen-bond donors (Lipinski definition) is 3. The van der Waals surface area contributed by atoms with Crippen LogP contribution in [-0.2, 0) is 11.3 Å². The Morgan fingerprint density at radius 3 is 2.48 bits per heavy atom. The Kier molecular flexibility index (Phi) is 5.33. The lowest BCUT2D eigenvalue weighted by molar-refractivity contribution is -0.129. The van der Waals surface area contributed by atoms with Gasteiger partial charge in [-0.15, -0.1) is 0 Å². The lowest BCUT2D eigenvalue weighted by Crippen LogP contribution is -2.48. The molecule has 0 bridgehead atoms. The predicted molar refractivity (Wildman–Crippen MR) is 112 cm³/mol. The predicted octanol–water partition coefficient (Wildman–Crippen LogP) is 2.22. The molecule has 2 aromatic rings. The number of carbonyl (C=O) groups is 2. The summed E-state index contributed by atoms with van der Waals surface area (Å²) < 4.78 is 0. The van der Waals surface area contributed by atoms with Crippen LogP contribution in [0.3, 0.4) is 0 Å². The zero-order valence-corrected chi connectivity index (χ0v) is 16.4. The zero-order chi connectivity index (χ0) is 20.2. The van der Waals surface area contributed by atoms with Crippen LogP contribution >= 0.6 is 0 Å². The fraction of sp³-hybridized carbons (Fsp3) is 0.217. The van der Waals surface area contributed by atoms with Gasteiger partial charge in [0.25, 0.3) is 5.91 Å². The fourth-order valence-corrected chi connectivity index (χ4v) is 3.55. The Hall–Kier alpha value is -3.54. The van der Waals surface area contributed by atoms with Gasteiger partial charge in [0.1, 0.15) is 5.82 Å². The molecule has 0 spiro atoms. The molecule has 2 aromatic carbocycles. The van der Waals surface area contributed by atoms with Gasteiger partial charge in [0, 0.05) is 18.7 Å². The molecule has 2 aliphatic heterocycles. The molecule has 2 amide bonds. The van der Waals surface area contributed by atoms with E-state index in [0.29, 0.717) is 25.2 Å². The first-order valence-electron chi connectivity index (χ1n) is 9.81. The first kappa shape index (κ1) is 18.8. The van der Waals surface area contributed by atoms with E-state index in [1.807, 2.05) is 66.4 Å². The second-order valence-electron chi connectivity index (χ2n) is 7.04. The highest BCUT2D eigenvalue weighted by Gasteiger charge is 2.28. The van der Waals surface area contributed by atoms with Crippen molar-refractivity contribution in [3.8, 4) is 0 Å². The van der Waals surface area contributed by atoms with E-state index in [1.54, 1.807) is 0 Å². The van der Waals surface area contributed by atoms with Crippen molar-refractivity contribution in [1.29, 1.82) is 0 Å². The Morgan fingerprint density at radius 2 is 1.76 bits per heavy atom. The number of nitrogens with one attached hydrogen (secondary N) is 3. The quantitative estimate of drug-likeness (QED) is 0.734. The second-order valence-corrected chi connectivity index (χ2v) is 7.04. The Balaban J connectivity index is 1.60. The van der Waals surface area contributed by atoms with E-state index in [4.69, 9.17) is 0 Å². The van der Waals surface area contributed by atoms with Crippen molar-refractivity contribution in [3.63, 3.8) is 0 Å². The van der Waals surface area contributed by atoms with Crippen molar-refractivity contribution in [2.45, 2.75) is 13.5 Å². The van der Waals surface area contributed by atoms with Gasteiger partial charge in [0.2, 0.25) is 5.91 Å². The van der Waals surface area contributed by atoms with Crippen molar-refractivity contribution in [2.75, 3.05) is 19.6 Å². The summed E-state index contributed by atoms with van der Waals surface area (Å²) in [5.74, 6) is 0.845. The highest BCUT2D eigenvalue weighted by molar-refractivity contribution is 5.94. The van der Waals surface area contributed by atoms with Crippen molar-refractivity contribution in [1.82, 2.24) is 20.9 Å². The summed E-state index contributed by atoms with van der Waals surface area (Å²) in [6.07, 6.45) is 2.06. The molecule has 3 N–H and O–H groups in total. The van der Waals surface area contributed by atoms with Crippen LogP contribution in [0.5, 0.6) is 0 Å². The molecule has 6 nitrogen and oxygen atoms in total. The van der Waals surface area contributed by atoms with E-state index >= 15 is 0 Å². The molecule has 0 radical (unpaired) electrons. The molecule has 0 aromatic heterocycles. The van der Waals surface area contributed by atoms with Crippen LogP contribution in [0, 0.1) is 0 Å². The molecular weight excluding hydrogens is 364 g/mol. The summed E-state index contributed by atoms with van der Waals surface area (Å²) in [6.45, 7) is 3.96. The Labute approximate surface area is 170 Å². The summed E-state index contributed by atoms with van der Waals surface area (Å²) >= 11 is 0. The number of rotatable bonds is 5. The van der Waals surface area contributed by atoms with E-state index < -0.39 is 0 Å². The van der Waals surface area contributed by atoms with Crippen LogP contribution in [0.4, 0.5) is 0 Å². The van der Waals surface area contributed by atoms with E-state index in [1.165, 1.54) is 0 Å². The van der Waals surface area contributed by atoms with Gasteiger partial charge in [0.15, 0.2) is 0 Å². The van der Waals surface area contributed by atoms with Crippen molar-refractivity contribution in [3.05, 3.63) is 88.9 Å². The van der Waals surface area contributed by atoms with E-state index in [2.05, 4.69) is 22.0 Å². The van der Waals surface area contributed by atoms with Crippen LogP contribution < -0.4 is 16.0 Å². The molecule has 0 saturated carbocycles. The summed E-state index contributed by atoms with van der Waals surface area (Å²) in [5.41, 5.74) is 4.66. The maximum Gasteiger partial charge on any atom is 0.251 e. The third-order valence-corrected chi connectivity index (χ3v) is 5.07. The van der Waals surface area contributed by atoms with Crippen LogP contribution in [0.2, 0.25) is 0 Å². The highest BCUT2D eigenvalue weighted by atomic mass is 16.2. The first-order chi connectivity index (χ1) is 14.2. The molecule has 148 valence electrons. The maximum absolute atomic E-state index is 12.6.